The van der Waals surface area contributed by atoms with Crippen LogP contribution in [0.15, 0.2) is 42.7 Å². The molecule has 0 aliphatic heterocycles. The van der Waals surface area contributed by atoms with Gasteiger partial charge in [0, 0.05) is 12.4 Å². The van der Waals surface area contributed by atoms with Gasteiger partial charge in [0.25, 0.3) is 0 Å². The van der Waals surface area contributed by atoms with Gasteiger partial charge in [0.05, 0.1) is 16.6 Å². The van der Waals surface area contributed by atoms with Crippen LogP contribution in [0, 0.1) is 12.8 Å². The van der Waals surface area contributed by atoms with Gasteiger partial charge in [0.2, 0.25) is 0 Å². The van der Waals surface area contributed by atoms with Crippen LogP contribution < -0.4 is 10.6 Å². The molecule has 0 aliphatic rings. The van der Waals surface area contributed by atoms with Crippen molar-refractivity contribution in [3.63, 3.8) is 0 Å². The normalized spacial score (nSPS) is 12.5. The number of anilines is 2. The lowest BCUT2D eigenvalue weighted by atomic mass is 10.1. The molecule has 1 atom stereocenters. The van der Waals surface area contributed by atoms with E-state index in [0.717, 1.165) is 27.0 Å². The minimum atomic E-state index is -0.552. The van der Waals surface area contributed by atoms with Crippen LogP contribution in [0.3, 0.4) is 0 Å². The lowest BCUT2D eigenvalue weighted by Gasteiger charge is -2.24. The van der Waals surface area contributed by atoms with E-state index >= 15 is 0 Å². The number of amides is 1. The average Bonchev–Trinajstić information content (AvgIpc) is 3.14. The fraction of sp³-hybridized carbons (Fsp3) is 0.391. The van der Waals surface area contributed by atoms with Crippen molar-refractivity contribution in [3.8, 4) is 10.6 Å². The molecule has 0 fully saturated rings. The quantitative estimate of drug-likeness (QED) is 0.499. The Labute approximate surface area is 187 Å². The smallest absolute Gasteiger partial charge is 0.408 e. The Hall–Kier alpha value is -3.00. The summed E-state index contributed by atoms with van der Waals surface area (Å²) in [6.45, 7) is 11.6. The largest absolute Gasteiger partial charge is 0.444 e. The lowest BCUT2D eigenvalue weighted by Crippen LogP contribution is -2.36. The van der Waals surface area contributed by atoms with Gasteiger partial charge in [-0.25, -0.2) is 19.7 Å². The fourth-order valence-corrected chi connectivity index (χ4v) is 3.99. The molecule has 0 saturated heterocycles. The molecule has 3 heterocycles. The van der Waals surface area contributed by atoms with Crippen LogP contribution in [-0.4, -0.2) is 26.6 Å². The van der Waals surface area contributed by atoms with Crippen LogP contribution >= 0.6 is 11.3 Å². The number of carbonyl (C=O) groups excluding carboxylic acids is 1. The molecule has 0 unspecified atom stereocenters. The molecule has 0 radical (unpaired) electrons. The number of pyridine rings is 2. The zero-order valence-corrected chi connectivity index (χ0v) is 19.6. The number of carbonyl (C=O) groups is 1. The van der Waals surface area contributed by atoms with Gasteiger partial charge in [0.15, 0.2) is 0 Å². The Balaban J connectivity index is 1.78. The number of alkyl carbamates (subject to hydrolysis) is 1. The molecule has 3 aromatic heterocycles. The zero-order valence-electron chi connectivity index (χ0n) is 18.8. The summed E-state index contributed by atoms with van der Waals surface area (Å²) >= 11 is 1.51. The third-order valence-electron chi connectivity index (χ3n) is 4.30. The number of rotatable bonds is 6. The number of aryl methyl sites for hydroxylation is 1. The summed E-state index contributed by atoms with van der Waals surface area (Å²) in [4.78, 5) is 26.8. The highest BCUT2D eigenvalue weighted by Gasteiger charge is 2.25. The Morgan fingerprint density at radius 3 is 2.58 bits per heavy atom. The van der Waals surface area contributed by atoms with Gasteiger partial charge in [-0.05, 0) is 63.4 Å². The highest BCUT2D eigenvalue weighted by molar-refractivity contribution is 7.15. The van der Waals surface area contributed by atoms with Crippen LogP contribution in [0.25, 0.3) is 10.6 Å². The molecule has 0 aliphatic carbocycles. The predicted octanol–water partition coefficient (Wildman–Crippen LogP) is 5.87. The number of aromatic nitrogens is 3. The molecule has 8 heteroatoms. The lowest BCUT2D eigenvalue weighted by molar-refractivity contribution is 0.0489. The molecule has 3 rings (SSSR count). The maximum atomic E-state index is 12.3. The molecular formula is C23H29N5O2S. The van der Waals surface area contributed by atoms with E-state index in [4.69, 9.17) is 9.72 Å². The van der Waals surface area contributed by atoms with Crippen LogP contribution in [0.1, 0.15) is 51.2 Å². The molecule has 0 saturated carbocycles. The number of hydrogen-bond acceptors (Lipinski definition) is 7. The molecule has 0 aromatic carbocycles. The number of nitrogens with zero attached hydrogens (tertiary/aromatic N) is 3. The number of ether oxygens (including phenoxy) is 1. The third-order valence-corrected chi connectivity index (χ3v) is 5.40. The van der Waals surface area contributed by atoms with E-state index < -0.39 is 11.7 Å². The molecule has 0 spiro atoms. The minimum absolute atomic E-state index is 0.153. The van der Waals surface area contributed by atoms with Gasteiger partial charge in [-0.15, -0.1) is 11.3 Å². The van der Waals surface area contributed by atoms with E-state index in [1.54, 1.807) is 12.4 Å². The summed E-state index contributed by atoms with van der Waals surface area (Å²) < 4.78 is 5.41. The van der Waals surface area contributed by atoms with E-state index in [-0.39, 0.29) is 12.0 Å². The molecular weight excluding hydrogens is 410 g/mol. The highest BCUT2D eigenvalue weighted by Crippen LogP contribution is 2.32. The van der Waals surface area contributed by atoms with Gasteiger partial charge in [0.1, 0.15) is 22.2 Å². The van der Waals surface area contributed by atoms with E-state index in [1.165, 1.54) is 11.3 Å². The first-order chi connectivity index (χ1) is 14.6. The standard InChI is InChI=1S/C23H29N5O2S/c1-14(2)20(28-22(29)30-23(4,5)6)21-25-13-17(31-21)16-8-7-9-18(26-16)27-19-12-15(3)10-11-24-19/h7-14,20H,1-6H3,(H,28,29)(H,24,26,27)/t20-/m0/s1. The van der Waals surface area contributed by atoms with E-state index in [0.29, 0.717) is 5.82 Å². The van der Waals surface area contributed by atoms with Gasteiger partial charge >= 0.3 is 6.09 Å². The van der Waals surface area contributed by atoms with Crippen LogP contribution in [0.4, 0.5) is 16.4 Å². The predicted molar refractivity (Wildman–Crippen MR) is 125 cm³/mol. The maximum Gasteiger partial charge on any atom is 0.408 e. The van der Waals surface area contributed by atoms with E-state index in [1.807, 2.05) is 71.9 Å². The Morgan fingerprint density at radius 2 is 1.90 bits per heavy atom. The summed E-state index contributed by atoms with van der Waals surface area (Å²) in [6, 6.07) is 9.46. The fourth-order valence-electron chi connectivity index (χ4n) is 2.88. The van der Waals surface area contributed by atoms with Gasteiger partial charge < -0.3 is 15.4 Å². The molecule has 2 N–H and O–H groups in total. The summed E-state index contributed by atoms with van der Waals surface area (Å²) in [6.07, 6.45) is 3.11. The summed E-state index contributed by atoms with van der Waals surface area (Å²) in [7, 11) is 0. The van der Waals surface area contributed by atoms with Crippen molar-refractivity contribution >= 4 is 29.1 Å². The number of hydrogen-bond donors (Lipinski definition) is 2. The van der Waals surface area contributed by atoms with Crippen LogP contribution in [0.2, 0.25) is 0 Å². The molecule has 3 aromatic rings. The van der Waals surface area contributed by atoms with Crippen LogP contribution in [-0.2, 0) is 4.74 Å². The van der Waals surface area contributed by atoms with Gasteiger partial charge in [-0.2, -0.15) is 0 Å². The highest BCUT2D eigenvalue weighted by atomic mass is 32.1. The van der Waals surface area contributed by atoms with E-state index in [9.17, 15) is 4.79 Å². The Morgan fingerprint density at radius 1 is 1.13 bits per heavy atom. The second-order valence-electron chi connectivity index (χ2n) is 8.68. The summed E-state index contributed by atoms with van der Waals surface area (Å²) in [5, 5.41) is 7.00. The first-order valence-corrected chi connectivity index (χ1v) is 11.0. The Bertz CT molecular complexity index is 1040. The molecule has 7 nitrogen and oxygen atoms in total. The second kappa shape index (κ2) is 9.43. The molecule has 1 amide bonds. The SMILES string of the molecule is Cc1ccnc(Nc2cccc(-c3cnc([C@@H](NC(=O)OC(C)(C)C)C(C)C)s3)n2)c1. The first kappa shape index (κ1) is 22.7. The van der Waals surface area contributed by atoms with Crippen LogP contribution in [0.5, 0.6) is 0 Å². The molecule has 31 heavy (non-hydrogen) atoms. The number of nitrogens with one attached hydrogen (secondary N) is 2. The second-order valence-corrected chi connectivity index (χ2v) is 9.74. The van der Waals surface area contributed by atoms with Gasteiger partial charge in [-0.3, -0.25) is 0 Å². The maximum absolute atomic E-state index is 12.3. The minimum Gasteiger partial charge on any atom is -0.444 e. The summed E-state index contributed by atoms with van der Waals surface area (Å²) in [5.41, 5.74) is 1.38. The summed E-state index contributed by atoms with van der Waals surface area (Å²) in [5.74, 6) is 1.61. The topological polar surface area (TPSA) is 89.0 Å². The molecule has 164 valence electrons. The monoisotopic (exact) mass is 439 g/mol. The zero-order chi connectivity index (χ0) is 22.6. The van der Waals surface area contributed by atoms with E-state index in [2.05, 4.69) is 20.6 Å². The Kier molecular flexibility index (Phi) is 6.90. The van der Waals surface area contributed by atoms with Gasteiger partial charge in [-0.1, -0.05) is 19.9 Å². The van der Waals surface area contributed by atoms with Crippen molar-refractivity contribution in [2.45, 2.75) is 53.2 Å². The molecule has 0 bridgehead atoms. The van der Waals surface area contributed by atoms with Crippen molar-refractivity contribution in [1.82, 2.24) is 20.3 Å². The third kappa shape index (κ3) is 6.49. The first-order valence-electron chi connectivity index (χ1n) is 10.2. The number of thiazole rings is 1. The van der Waals surface area contributed by atoms with Crippen molar-refractivity contribution in [2.24, 2.45) is 5.92 Å². The average molecular weight is 440 g/mol. The van der Waals surface area contributed by atoms with Crippen molar-refractivity contribution < 1.29 is 9.53 Å². The van der Waals surface area contributed by atoms with Crippen molar-refractivity contribution in [3.05, 3.63) is 53.3 Å². The van der Waals surface area contributed by atoms with Crippen molar-refractivity contribution in [2.75, 3.05) is 5.32 Å². The van der Waals surface area contributed by atoms with Crippen molar-refractivity contribution in [1.29, 1.82) is 0 Å².